The first-order valence-corrected chi connectivity index (χ1v) is 13.0. The van der Waals surface area contributed by atoms with Crippen LogP contribution < -0.4 is 0 Å². The number of pyridine rings is 1. The van der Waals surface area contributed by atoms with Crippen molar-refractivity contribution >= 4 is 17.7 Å². The van der Waals surface area contributed by atoms with Crippen molar-refractivity contribution in [1.82, 2.24) is 14.8 Å². The Labute approximate surface area is 206 Å². The molecule has 4 heterocycles. The molecule has 5 aliphatic rings. The molecule has 0 unspecified atom stereocenters. The van der Waals surface area contributed by atoms with Gasteiger partial charge in [0.15, 0.2) is 0 Å². The van der Waals surface area contributed by atoms with E-state index < -0.39 is 5.41 Å². The highest BCUT2D eigenvalue weighted by Gasteiger charge is 2.55. The average Bonchev–Trinajstić information content (AvgIpc) is 2.94. The first kappa shape index (κ1) is 22.4. The van der Waals surface area contributed by atoms with E-state index in [1.165, 1.54) is 24.2 Å². The van der Waals surface area contributed by atoms with Crippen molar-refractivity contribution in [3.05, 3.63) is 65.5 Å². The lowest BCUT2D eigenvalue weighted by Gasteiger charge is -2.39. The minimum absolute atomic E-state index is 0.0402. The van der Waals surface area contributed by atoms with Gasteiger partial charge in [0, 0.05) is 37.8 Å². The molecule has 3 atom stereocenters. The predicted octanol–water partition coefficient (Wildman–Crippen LogP) is 4.01. The molecular weight excluding hydrogens is 438 g/mol. The maximum Gasteiger partial charge on any atom is 0.241 e. The molecule has 6 nitrogen and oxygen atoms in total. The Kier molecular flexibility index (Phi) is 5.50. The first-order valence-electron chi connectivity index (χ1n) is 13.0. The summed E-state index contributed by atoms with van der Waals surface area (Å²) in [5.74, 6) is 1.64. The Balaban J connectivity index is 1.33. The lowest BCUT2D eigenvalue weighted by molar-refractivity contribution is -0.144. The summed E-state index contributed by atoms with van der Waals surface area (Å²) in [5, 5.41) is 0. The van der Waals surface area contributed by atoms with Crippen LogP contribution in [0.4, 0.5) is 0 Å². The summed E-state index contributed by atoms with van der Waals surface area (Å²) < 4.78 is 0. The fourth-order valence-corrected chi connectivity index (χ4v) is 7.63. The van der Waals surface area contributed by atoms with E-state index in [-0.39, 0.29) is 43.1 Å². The molecule has 35 heavy (non-hydrogen) atoms. The van der Waals surface area contributed by atoms with Crippen LogP contribution in [-0.4, -0.2) is 45.1 Å². The number of hydrogen-bond acceptors (Lipinski definition) is 4. The molecule has 1 aromatic heterocycles. The van der Waals surface area contributed by atoms with Gasteiger partial charge in [-0.1, -0.05) is 24.3 Å². The van der Waals surface area contributed by atoms with E-state index in [0.717, 1.165) is 47.9 Å². The minimum atomic E-state index is -1.14. The Hall–Kier alpha value is -3.02. The quantitative estimate of drug-likeness (QED) is 0.618. The largest absolute Gasteiger partial charge is 0.339 e. The molecule has 4 bridgehead atoms. The molecule has 3 aliphatic heterocycles. The number of nitrogens with zero attached hydrogens (tertiary/aromatic N) is 3. The molecular formula is C29H33N3O3. The summed E-state index contributed by atoms with van der Waals surface area (Å²) in [5.41, 5.74) is 1.47. The average molecular weight is 472 g/mol. The first-order chi connectivity index (χ1) is 16.9. The lowest BCUT2D eigenvalue weighted by Crippen LogP contribution is -2.47. The number of hydrogen-bond donors (Lipinski definition) is 0. The van der Waals surface area contributed by atoms with Crippen molar-refractivity contribution in [1.29, 1.82) is 0 Å². The SMILES string of the molecule is Cc1ccccc1[C@@]1(CC(=O)N2CC3C[C@H]4CC2C[C@H](C3)C4)CC(=O)N(Cc2ccncc2)C1=O. The minimum Gasteiger partial charge on any atom is -0.339 e. The second-order valence-electron chi connectivity index (χ2n) is 11.4. The second-order valence-corrected chi connectivity index (χ2v) is 11.4. The molecule has 6 heteroatoms. The topological polar surface area (TPSA) is 70.6 Å². The summed E-state index contributed by atoms with van der Waals surface area (Å²) in [4.78, 5) is 48.9. The number of benzene rings is 1. The van der Waals surface area contributed by atoms with Crippen molar-refractivity contribution in [3.63, 3.8) is 0 Å². The van der Waals surface area contributed by atoms with Crippen LogP contribution in [0.1, 0.15) is 61.6 Å². The van der Waals surface area contributed by atoms with Gasteiger partial charge in [0.05, 0.1) is 12.0 Å². The molecule has 0 spiro atoms. The van der Waals surface area contributed by atoms with Crippen LogP contribution in [-0.2, 0) is 26.3 Å². The number of rotatable bonds is 5. The van der Waals surface area contributed by atoms with E-state index in [4.69, 9.17) is 0 Å². The molecule has 1 aromatic carbocycles. The molecule has 3 saturated heterocycles. The number of carbonyl (C=O) groups excluding carboxylic acids is 3. The molecule has 0 N–H and O–H groups in total. The van der Waals surface area contributed by atoms with E-state index in [2.05, 4.69) is 9.88 Å². The third kappa shape index (κ3) is 3.87. The standard InChI is InChI=1S/C29H33N3O3/c1-19-4-2-3-5-25(19)29(16-27(34)32(28(29)35)17-20-6-8-30-9-7-20)15-26(33)31-18-23-11-21-10-22(12-23)14-24(31)13-21/h2-9,21-24H,10-18H2,1H3/t21-,22-,23?,24?,29+/m0/s1. The summed E-state index contributed by atoms with van der Waals surface area (Å²) in [6, 6.07) is 11.7. The Morgan fingerprint density at radius 3 is 2.37 bits per heavy atom. The van der Waals surface area contributed by atoms with Crippen molar-refractivity contribution < 1.29 is 14.4 Å². The van der Waals surface area contributed by atoms with Gasteiger partial charge in [-0.2, -0.15) is 0 Å². The van der Waals surface area contributed by atoms with Crippen LogP contribution in [0.15, 0.2) is 48.8 Å². The zero-order valence-corrected chi connectivity index (χ0v) is 20.4. The summed E-state index contributed by atoms with van der Waals surface area (Å²) in [6.07, 6.45) is 9.41. The van der Waals surface area contributed by atoms with Gasteiger partial charge in [-0.15, -0.1) is 0 Å². The van der Waals surface area contributed by atoms with Gasteiger partial charge in [0.1, 0.15) is 0 Å². The highest BCUT2D eigenvalue weighted by molar-refractivity contribution is 6.10. The number of imide groups is 1. The van der Waals surface area contributed by atoms with Crippen LogP contribution >= 0.6 is 0 Å². The Morgan fingerprint density at radius 2 is 1.66 bits per heavy atom. The summed E-state index contributed by atoms with van der Waals surface area (Å²) in [6.45, 7) is 2.99. The van der Waals surface area contributed by atoms with Crippen LogP contribution in [0, 0.1) is 24.7 Å². The van der Waals surface area contributed by atoms with E-state index in [1.54, 1.807) is 12.4 Å². The van der Waals surface area contributed by atoms with E-state index in [0.29, 0.717) is 5.92 Å². The van der Waals surface area contributed by atoms with Gasteiger partial charge in [0.2, 0.25) is 17.7 Å². The van der Waals surface area contributed by atoms with Crippen LogP contribution in [0.5, 0.6) is 0 Å². The van der Waals surface area contributed by atoms with Gasteiger partial charge < -0.3 is 4.90 Å². The van der Waals surface area contributed by atoms with Gasteiger partial charge in [-0.25, -0.2) is 0 Å². The predicted molar refractivity (Wildman–Crippen MR) is 131 cm³/mol. The van der Waals surface area contributed by atoms with E-state index >= 15 is 0 Å². The maximum atomic E-state index is 14.1. The van der Waals surface area contributed by atoms with E-state index in [1.807, 2.05) is 43.3 Å². The summed E-state index contributed by atoms with van der Waals surface area (Å²) in [7, 11) is 0. The summed E-state index contributed by atoms with van der Waals surface area (Å²) >= 11 is 0. The molecule has 5 fully saturated rings. The highest BCUT2D eigenvalue weighted by atomic mass is 16.2. The maximum absolute atomic E-state index is 14.1. The Morgan fingerprint density at radius 1 is 0.971 bits per heavy atom. The fourth-order valence-electron chi connectivity index (χ4n) is 7.63. The van der Waals surface area contributed by atoms with Crippen molar-refractivity contribution in [2.75, 3.05) is 6.54 Å². The third-order valence-electron chi connectivity index (χ3n) is 9.04. The highest BCUT2D eigenvalue weighted by Crippen LogP contribution is 2.49. The zero-order valence-electron chi connectivity index (χ0n) is 20.4. The molecule has 2 aliphatic carbocycles. The number of aryl methyl sites for hydroxylation is 1. The zero-order chi connectivity index (χ0) is 24.2. The molecule has 0 radical (unpaired) electrons. The van der Waals surface area contributed by atoms with Crippen molar-refractivity contribution in [2.24, 2.45) is 17.8 Å². The molecule has 7 rings (SSSR count). The lowest BCUT2D eigenvalue weighted by atomic mass is 9.68. The number of fused-ring (bicyclic) bond motifs is 1. The number of carbonyl (C=O) groups is 3. The van der Waals surface area contributed by atoms with Crippen LogP contribution in [0.25, 0.3) is 0 Å². The van der Waals surface area contributed by atoms with Crippen molar-refractivity contribution in [3.8, 4) is 0 Å². The monoisotopic (exact) mass is 471 g/mol. The van der Waals surface area contributed by atoms with E-state index in [9.17, 15) is 14.4 Å². The molecule has 2 saturated carbocycles. The van der Waals surface area contributed by atoms with Gasteiger partial charge >= 0.3 is 0 Å². The van der Waals surface area contributed by atoms with Gasteiger partial charge in [-0.05, 0) is 85.6 Å². The third-order valence-corrected chi connectivity index (χ3v) is 9.04. The molecule has 3 amide bonds. The number of amides is 3. The number of likely N-dealkylation sites (tertiary alicyclic amines) is 1. The normalized spacial score (nSPS) is 31.8. The molecule has 2 aromatic rings. The van der Waals surface area contributed by atoms with Crippen molar-refractivity contribution in [2.45, 2.75) is 69.9 Å². The Bertz CT molecular complexity index is 1150. The van der Waals surface area contributed by atoms with Crippen LogP contribution in [0.3, 0.4) is 0 Å². The fraction of sp³-hybridized carbons (Fsp3) is 0.517. The van der Waals surface area contributed by atoms with Crippen LogP contribution in [0.2, 0.25) is 0 Å². The van der Waals surface area contributed by atoms with Gasteiger partial charge in [0.25, 0.3) is 0 Å². The second kappa shape index (κ2) is 8.58. The number of aromatic nitrogens is 1. The smallest absolute Gasteiger partial charge is 0.241 e. The molecule has 182 valence electrons. The van der Waals surface area contributed by atoms with Gasteiger partial charge in [-0.3, -0.25) is 24.3 Å².